The molecule has 8 heteroatoms. The Labute approximate surface area is 172 Å². The molecule has 1 aromatic heterocycles. The summed E-state index contributed by atoms with van der Waals surface area (Å²) in [4.78, 5) is 38.7. The standard InChI is InChI=1S/C21H21N3O4S/c1-3-14-4-6-17(7-5-14)24-12-16(10-18(24)25)21(27)28-13(2)19(26)23-20-15(11-22)8-9-29-20/h4-9,13,16H,3,10,12H2,1-2H3,(H,23,26)/t13-,16+/m1/s1. The first-order valence-electron chi connectivity index (χ1n) is 9.31. The SMILES string of the molecule is CCc1ccc(N2C[C@@H](C(=O)O[C@H](C)C(=O)Nc3sccc3C#N)CC2=O)cc1. The number of benzene rings is 1. The monoisotopic (exact) mass is 411 g/mol. The van der Waals surface area contributed by atoms with Gasteiger partial charge in [-0.05, 0) is 42.5 Å². The highest BCUT2D eigenvalue weighted by Gasteiger charge is 2.37. The molecule has 0 unspecified atom stereocenters. The highest BCUT2D eigenvalue weighted by atomic mass is 32.1. The Balaban J connectivity index is 1.58. The Morgan fingerprint density at radius 3 is 2.72 bits per heavy atom. The molecule has 2 aromatic rings. The number of amides is 2. The summed E-state index contributed by atoms with van der Waals surface area (Å²) in [6.07, 6.45) is -0.0828. The molecule has 2 amide bonds. The van der Waals surface area contributed by atoms with Gasteiger partial charge in [-0.3, -0.25) is 14.4 Å². The third-order valence-electron chi connectivity index (χ3n) is 4.80. The second kappa shape index (κ2) is 8.88. The molecule has 0 bridgehead atoms. The topological polar surface area (TPSA) is 99.5 Å². The molecule has 0 radical (unpaired) electrons. The average molecular weight is 411 g/mol. The Morgan fingerprint density at radius 1 is 1.34 bits per heavy atom. The number of anilines is 2. The summed E-state index contributed by atoms with van der Waals surface area (Å²) in [6.45, 7) is 3.74. The second-order valence-corrected chi connectivity index (χ2v) is 7.69. The number of hydrogen-bond acceptors (Lipinski definition) is 6. The van der Waals surface area contributed by atoms with Gasteiger partial charge in [-0.25, -0.2) is 0 Å². The lowest BCUT2D eigenvalue weighted by Gasteiger charge is -2.18. The summed E-state index contributed by atoms with van der Waals surface area (Å²) < 4.78 is 5.28. The van der Waals surface area contributed by atoms with Crippen molar-refractivity contribution in [2.75, 3.05) is 16.8 Å². The van der Waals surface area contributed by atoms with Gasteiger partial charge in [-0.2, -0.15) is 5.26 Å². The molecule has 1 saturated heterocycles. The fourth-order valence-electron chi connectivity index (χ4n) is 3.06. The Hall–Kier alpha value is -3.18. The molecule has 2 heterocycles. The fourth-order valence-corrected chi connectivity index (χ4v) is 3.80. The smallest absolute Gasteiger partial charge is 0.312 e. The first kappa shape index (κ1) is 20.6. The maximum Gasteiger partial charge on any atom is 0.312 e. The zero-order chi connectivity index (χ0) is 21.0. The third-order valence-corrected chi connectivity index (χ3v) is 5.63. The average Bonchev–Trinajstić information content (AvgIpc) is 3.34. The lowest BCUT2D eigenvalue weighted by molar-refractivity contribution is -0.157. The number of aryl methyl sites for hydroxylation is 1. The molecular weight excluding hydrogens is 390 g/mol. The van der Waals surface area contributed by atoms with Gasteiger partial charge < -0.3 is 15.0 Å². The summed E-state index contributed by atoms with van der Waals surface area (Å²) in [5, 5.41) is 13.7. The van der Waals surface area contributed by atoms with Gasteiger partial charge in [0.05, 0.1) is 11.5 Å². The van der Waals surface area contributed by atoms with E-state index in [2.05, 4.69) is 12.2 Å². The number of hydrogen-bond donors (Lipinski definition) is 1. The summed E-state index contributed by atoms with van der Waals surface area (Å²) in [5.41, 5.74) is 2.27. The minimum atomic E-state index is -1.04. The summed E-state index contributed by atoms with van der Waals surface area (Å²) in [7, 11) is 0. The molecule has 1 N–H and O–H groups in total. The van der Waals surface area contributed by atoms with Crippen molar-refractivity contribution in [1.29, 1.82) is 5.26 Å². The van der Waals surface area contributed by atoms with Gasteiger partial charge in [0.2, 0.25) is 5.91 Å². The van der Waals surface area contributed by atoms with Crippen molar-refractivity contribution >= 4 is 39.8 Å². The predicted molar refractivity (Wildman–Crippen MR) is 109 cm³/mol. The van der Waals surface area contributed by atoms with E-state index >= 15 is 0 Å². The van der Waals surface area contributed by atoms with Crippen LogP contribution in [0.1, 0.15) is 31.4 Å². The molecule has 2 atom stereocenters. The van der Waals surface area contributed by atoms with Gasteiger partial charge in [-0.15, -0.1) is 11.3 Å². The summed E-state index contributed by atoms with van der Waals surface area (Å²) >= 11 is 1.22. The number of thiophene rings is 1. The van der Waals surface area contributed by atoms with E-state index in [0.717, 1.165) is 12.1 Å². The molecule has 150 valence electrons. The minimum Gasteiger partial charge on any atom is -0.452 e. The lowest BCUT2D eigenvalue weighted by atomic mass is 10.1. The van der Waals surface area contributed by atoms with E-state index in [1.54, 1.807) is 16.3 Å². The van der Waals surface area contributed by atoms with Gasteiger partial charge in [0.25, 0.3) is 5.91 Å². The number of ether oxygens (including phenoxy) is 1. The lowest BCUT2D eigenvalue weighted by Crippen LogP contribution is -2.33. The maximum absolute atomic E-state index is 12.5. The van der Waals surface area contributed by atoms with Crippen molar-refractivity contribution in [3.8, 4) is 6.07 Å². The number of rotatable bonds is 6. The van der Waals surface area contributed by atoms with Crippen molar-refractivity contribution in [3.05, 3.63) is 46.8 Å². The fraction of sp³-hybridized carbons (Fsp3) is 0.333. The third kappa shape index (κ3) is 4.63. The van der Waals surface area contributed by atoms with Crippen LogP contribution in [0, 0.1) is 17.2 Å². The van der Waals surface area contributed by atoms with Crippen LogP contribution in [-0.2, 0) is 25.5 Å². The van der Waals surface area contributed by atoms with Crippen LogP contribution >= 0.6 is 11.3 Å². The highest BCUT2D eigenvalue weighted by molar-refractivity contribution is 7.14. The number of esters is 1. The van der Waals surface area contributed by atoms with Crippen LogP contribution in [0.5, 0.6) is 0 Å². The van der Waals surface area contributed by atoms with E-state index in [4.69, 9.17) is 10.00 Å². The molecule has 29 heavy (non-hydrogen) atoms. The van der Waals surface area contributed by atoms with Crippen LogP contribution in [0.4, 0.5) is 10.7 Å². The first-order chi connectivity index (χ1) is 13.9. The van der Waals surface area contributed by atoms with Crippen molar-refractivity contribution in [1.82, 2.24) is 0 Å². The first-order valence-corrected chi connectivity index (χ1v) is 10.2. The van der Waals surface area contributed by atoms with Crippen LogP contribution in [0.2, 0.25) is 0 Å². The van der Waals surface area contributed by atoms with Crippen LogP contribution < -0.4 is 10.2 Å². The van der Waals surface area contributed by atoms with Crippen LogP contribution in [0.15, 0.2) is 35.7 Å². The predicted octanol–water partition coefficient (Wildman–Crippen LogP) is 3.11. The summed E-state index contributed by atoms with van der Waals surface area (Å²) in [5.74, 6) is -1.88. The number of nitrogens with zero attached hydrogens (tertiary/aromatic N) is 2. The summed E-state index contributed by atoms with van der Waals surface area (Å²) in [6, 6.07) is 11.2. The molecule has 1 aliphatic heterocycles. The van der Waals surface area contributed by atoms with Gasteiger partial charge in [0.1, 0.15) is 11.1 Å². The van der Waals surface area contributed by atoms with Crippen LogP contribution in [-0.4, -0.2) is 30.4 Å². The van der Waals surface area contributed by atoms with E-state index in [9.17, 15) is 14.4 Å². The normalized spacial score (nSPS) is 16.9. The molecule has 7 nitrogen and oxygen atoms in total. The number of nitrogens with one attached hydrogen (secondary N) is 1. The number of nitriles is 1. The quantitative estimate of drug-likeness (QED) is 0.737. The number of carbonyl (C=O) groups is 3. The molecule has 1 aliphatic rings. The maximum atomic E-state index is 12.5. The molecule has 0 aliphatic carbocycles. The minimum absolute atomic E-state index is 0.0478. The van der Waals surface area contributed by atoms with E-state index in [1.807, 2.05) is 30.3 Å². The Morgan fingerprint density at radius 2 is 2.07 bits per heavy atom. The van der Waals surface area contributed by atoms with Gasteiger partial charge in [-0.1, -0.05) is 19.1 Å². The van der Waals surface area contributed by atoms with E-state index < -0.39 is 23.9 Å². The van der Waals surface area contributed by atoms with Crippen molar-refractivity contribution in [2.24, 2.45) is 5.92 Å². The van der Waals surface area contributed by atoms with Crippen LogP contribution in [0.3, 0.4) is 0 Å². The second-order valence-electron chi connectivity index (χ2n) is 6.77. The molecule has 3 rings (SSSR count). The van der Waals surface area contributed by atoms with Gasteiger partial charge in [0.15, 0.2) is 6.10 Å². The molecule has 1 aromatic carbocycles. The largest absolute Gasteiger partial charge is 0.452 e. The molecule has 0 spiro atoms. The van der Waals surface area contributed by atoms with E-state index in [-0.39, 0.29) is 18.9 Å². The number of carbonyl (C=O) groups excluding carboxylic acids is 3. The van der Waals surface area contributed by atoms with E-state index in [1.165, 1.54) is 23.8 Å². The molecule has 0 saturated carbocycles. The van der Waals surface area contributed by atoms with Crippen LogP contribution in [0.25, 0.3) is 0 Å². The highest BCUT2D eigenvalue weighted by Crippen LogP contribution is 2.27. The van der Waals surface area contributed by atoms with Crippen molar-refractivity contribution in [2.45, 2.75) is 32.8 Å². The van der Waals surface area contributed by atoms with Gasteiger partial charge in [0, 0.05) is 18.7 Å². The molecule has 1 fully saturated rings. The molecular formula is C21H21N3O4S. The van der Waals surface area contributed by atoms with E-state index in [0.29, 0.717) is 10.6 Å². The van der Waals surface area contributed by atoms with Crippen molar-refractivity contribution in [3.63, 3.8) is 0 Å². The Kier molecular flexibility index (Phi) is 6.29. The van der Waals surface area contributed by atoms with Gasteiger partial charge >= 0.3 is 5.97 Å². The van der Waals surface area contributed by atoms with Crippen molar-refractivity contribution < 1.29 is 19.1 Å². The zero-order valence-electron chi connectivity index (χ0n) is 16.2. The zero-order valence-corrected chi connectivity index (χ0v) is 17.0. The Bertz CT molecular complexity index is 961.